The molecule has 0 aliphatic carbocycles. The number of halogens is 1. The fourth-order valence-electron chi connectivity index (χ4n) is 2.31. The summed E-state index contributed by atoms with van der Waals surface area (Å²) in [5.41, 5.74) is 0.922. The summed E-state index contributed by atoms with van der Waals surface area (Å²) in [5.74, 6) is -0.385. The van der Waals surface area contributed by atoms with Gasteiger partial charge in [0.15, 0.2) is 17.0 Å². The van der Waals surface area contributed by atoms with E-state index in [1.165, 1.54) is 19.6 Å². The molecule has 112 valence electrons. The third-order valence-electron chi connectivity index (χ3n) is 3.23. The second-order valence-corrected chi connectivity index (χ2v) is 5.10. The molecule has 0 unspecified atom stereocenters. The van der Waals surface area contributed by atoms with Crippen LogP contribution in [0.1, 0.15) is 19.6 Å². The van der Waals surface area contributed by atoms with E-state index in [1.54, 1.807) is 4.57 Å². The van der Waals surface area contributed by atoms with Gasteiger partial charge in [0.05, 0.1) is 12.4 Å². The van der Waals surface area contributed by atoms with Gasteiger partial charge in [-0.25, -0.2) is 15.0 Å². The molecule has 8 nitrogen and oxygen atoms in total. The first-order valence-electron chi connectivity index (χ1n) is 6.36. The van der Waals surface area contributed by atoms with Crippen molar-refractivity contribution >= 4 is 28.7 Å². The number of rotatable bonds is 3. The Kier molecular flexibility index (Phi) is 3.75. The average molecular weight is 313 g/mol. The third kappa shape index (κ3) is 2.69. The van der Waals surface area contributed by atoms with E-state index in [0.717, 1.165) is 0 Å². The summed E-state index contributed by atoms with van der Waals surface area (Å²) < 4.78 is 12.2. The van der Waals surface area contributed by atoms with Gasteiger partial charge in [0.2, 0.25) is 0 Å². The number of aromatic nitrogens is 4. The van der Waals surface area contributed by atoms with E-state index >= 15 is 0 Å². The van der Waals surface area contributed by atoms with E-state index in [2.05, 4.69) is 15.0 Å². The topological polar surface area (TPSA) is 99.4 Å². The van der Waals surface area contributed by atoms with Crippen molar-refractivity contribution in [3.63, 3.8) is 0 Å². The Balaban J connectivity index is 1.82. The molecule has 21 heavy (non-hydrogen) atoms. The van der Waals surface area contributed by atoms with Gasteiger partial charge in [-0.1, -0.05) is 11.6 Å². The quantitative estimate of drug-likeness (QED) is 0.657. The molecule has 2 aromatic rings. The summed E-state index contributed by atoms with van der Waals surface area (Å²) in [7, 11) is 0. The van der Waals surface area contributed by atoms with Crippen LogP contribution >= 0.6 is 11.6 Å². The average Bonchev–Trinajstić information content (AvgIpc) is 3.01. The zero-order chi connectivity index (χ0) is 15.0. The number of hydrogen-bond acceptors (Lipinski definition) is 7. The molecule has 0 amide bonds. The Bertz CT molecular complexity index is 676. The molecule has 9 heteroatoms. The SMILES string of the molecule is CC(=O)OC[C@@H]1C[C@@H](O)[C@H](n2cnc3c(Cl)ncnc32)O1. The molecule has 0 radical (unpaired) electrons. The van der Waals surface area contributed by atoms with Gasteiger partial charge in [-0.3, -0.25) is 9.36 Å². The molecular weight excluding hydrogens is 300 g/mol. The number of carbonyl (C=O) groups excluding carboxylic acids is 1. The van der Waals surface area contributed by atoms with E-state index in [-0.39, 0.29) is 23.8 Å². The van der Waals surface area contributed by atoms with Crippen LogP contribution in [0.3, 0.4) is 0 Å². The first kappa shape index (κ1) is 14.2. The number of aliphatic hydroxyl groups excluding tert-OH is 1. The monoisotopic (exact) mass is 312 g/mol. The number of hydrogen-bond donors (Lipinski definition) is 1. The van der Waals surface area contributed by atoms with Gasteiger partial charge in [-0.15, -0.1) is 0 Å². The van der Waals surface area contributed by atoms with Crippen molar-refractivity contribution in [3.8, 4) is 0 Å². The summed E-state index contributed by atoms with van der Waals surface area (Å²) in [6.45, 7) is 1.43. The minimum Gasteiger partial charge on any atom is -0.463 e. The maximum Gasteiger partial charge on any atom is 0.302 e. The maximum absolute atomic E-state index is 10.8. The van der Waals surface area contributed by atoms with Crippen LogP contribution in [0.2, 0.25) is 5.15 Å². The molecule has 3 atom stereocenters. The van der Waals surface area contributed by atoms with E-state index in [4.69, 9.17) is 21.1 Å². The largest absolute Gasteiger partial charge is 0.463 e. The highest BCUT2D eigenvalue weighted by Crippen LogP contribution is 2.31. The Hall–Kier alpha value is -1.77. The zero-order valence-corrected chi connectivity index (χ0v) is 11.9. The molecule has 1 N–H and O–H groups in total. The number of ether oxygens (including phenoxy) is 2. The zero-order valence-electron chi connectivity index (χ0n) is 11.1. The highest BCUT2D eigenvalue weighted by molar-refractivity contribution is 6.33. The van der Waals surface area contributed by atoms with E-state index in [1.807, 2.05) is 0 Å². The smallest absolute Gasteiger partial charge is 0.302 e. The molecule has 0 bridgehead atoms. The standard InChI is InChI=1S/C12H13ClN4O4/c1-6(18)20-3-7-2-8(19)12(21-7)17-5-16-9-10(13)14-4-15-11(9)17/h4-5,7-8,12,19H,2-3H2,1H3/t7-,8+,12+/m0/s1. The normalized spacial score (nSPS) is 25.4. The number of esters is 1. The first-order chi connectivity index (χ1) is 10.1. The second-order valence-electron chi connectivity index (χ2n) is 4.74. The highest BCUT2D eigenvalue weighted by Gasteiger charge is 2.36. The van der Waals surface area contributed by atoms with Crippen LogP contribution in [0.15, 0.2) is 12.7 Å². The molecule has 1 fully saturated rings. The van der Waals surface area contributed by atoms with Crippen LogP contribution in [-0.4, -0.2) is 49.4 Å². The number of fused-ring (bicyclic) bond motifs is 1. The fraction of sp³-hybridized carbons (Fsp3) is 0.500. The number of carbonyl (C=O) groups is 1. The van der Waals surface area contributed by atoms with Gasteiger partial charge >= 0.3 is 5.97 Å². The predicted octanol–water partition coefficient (Wildman–Crippen LogP) is 0.691. The Labute approximate surface area is 124 Å². The highest BCUT2D eigenvalue weighted by atomic mass is 35.5. The maximum atomic E-state index is 10.8. The van der Waals surface area contributed by atoms with Gasteiger partial charge in [0.1, 0.15) is 24.6 Å². The predicted molar refractivity (Wildman–Crippen MR) is 71.5 cm³/mol. The van der Waals surface area contributed by atoms with Gasteiger partial charge < -0.3 is 14.6 Å². The van der Waals surface area contributed by atoms with Crippen LogP contribution in [0, 0.1) is 0 Å². The molecule has 1 saturated heterocycles. The van der Waals surface area contributed by atoms with E-state index in [0.29, 0.717) is 17.6 Å². The molecule has 0 aromatic carbocycles. The Morgan fingerprint density at radius 3 is 3.14 bits per heavy atom. The van der Waals surface area contributed by atoms with Gasteiger partial charge in [0, 0.05) is 13.3 Å². The van der Waals surface area contributed by atoms with Crippen molar-refractivity contribution in [2.24, 2.45) is 0 Å². The molecule has 0 saturated carbocycles. The Morgan fingerprint density at radius 1 is 1.57 bits per heavy atom. The molecule has 1 aliphatic rings. The van der Waals surface area contributed by atoms with Crippen molar-refractivity contribution < 1.29 is 19.4 Å². The van der Waals surface area contributed by atoms with Gasteiger partial charge in [0.25, 0.3) is 0 Å². The minimum absolute atomic E-state index is 0.102. The van der Waals surface area contributed by atoms with Gasteiger partial charge in [-0.2, -0.15) is 0 Å². The lowest BCUT2D eigenvalue weighted by Gasteiger charge is -2.16. The molecule has 3 rings (SSSR count). The second kappa shape index (κ2) is 5.55. The van der Waals surface area contributed by atoms with E-state index < -0.39 is 12.3 Å². The molecule has 0 spiro atoms. The molecule has 3 heterocycles. The Morgan fingerprint density at radius 2 is 2.38 bits per heavy atom. The summed E-state index contributed by atoms with van der Waals surface area (Å²) >= 11 is 5.94. The lowest BCUT2D eigenvalue weighted by atomic mass is 10.2. The van der Waals surface area contributed by atoms with Crippen molar-refractivity contribution in [2.45, 2.75) is 31.8 Å². The molecule has 2 aromatic heterocycles. The minimum atomic E-state index is -0.753. The lowest BCUT2D eigenvalue weighted by Crippen LogP contribution is -2.19. The number of imidazole rings is 1. The number of aliphatic hydroxyl groups is 1. The third-order valence-corrected chi connectivity index (χ3v) is 3.50. The molecule has 1 aliphatic heterocycles. The van der Waals surface area contributed by atoms with Crippen molar-refractivity contribution in [3.05, 3.63) is 17.8 Å². The summed E-state index contributed by atoms with van der Waals surface area (Å²) in [5, 5.41) is 10.4. The summed E-state index contributed by atoms with van der Waals surface area (Å²) in [6, 6.07) is 0. The van der Waals surface area contributed by atoms with Crippen LogP contribution in [0.4, 0.5) is 0 Å². The van der Waals surface area contributed by atoms with Crippen LogP contribution in [-0.2, 0) is 14.3 Å². The van der Waals surface area contributed by atoms with Crippen LogP contribution in [0.25, 0.3) is 11.2 Å². The van der Waals surface area contributed by atoms with Crippen molar-refractivity contribution in [2.75, 3.05) is 6.61 Å². The first-order valence-corrected chi connectivity index (χ1v) is 6.74. The summed E-state index contributed by atoms with van der Waals surface area (Å²) in [6.07, 6.45) is 1.39. The fourth-order valence-corrected chi connectivity index (χ4v) is 2.48. The summed E-state index contributed by atoms with van der Waals surface area (Å²) in [4.78, 5) is 22.9. The van der Waals surface area contributed by atoms with Crippen LogP contribution < -0.4 is 0 Å². The van der Waals surface area contributed by atoms with Crippen molar-refractivity contribution in [1.82, 2.24) is 19.5 Å². The van der Waals surface area contributed by atoms with Crippen molar-refractivity contribution in [1.29, 1.82) is 0 Å². The molecular formula is C12H13ClN4O4. The lowest BCUT2D eigenvalue weighted by molar-refractivity contribution is -0.145. The van der Waals surface area contributed by atoms with E-state index in [9.17, 15) is 9.90 Å². The van der Waals surface area contributed by atoms with Crippen LogP contribution in [0.5, 0.6) is 0 Å². The van der Waals surface area contributed by atoms with Gasteiger partial charge in [-0.05, 0) is 0 Å². The number of nitrogens with zero attached hydrogens (tertiary/aromatic N) is 4.